The highest BCUT2D eigenvalue weighted by molar-refractivity contribution is 5.92. The fraction of sp³-hybridized carbons (Fsp3) is 0.711. The monoisotopic (exact) mass is 749 g/mol. The van der Waals surface area contributed by atoms with E-state index in [1.54, 1.807) is 6.92 Å². The number of allylic oxidation sites excluding steroid dienone is 1. The number of hydrogen-bond donors (Lipinski definition) is 1. The predicted molar refractivity (Wildman–Crippen MR) is 227 cm³/mol. The SMILES string of the molecule is C=C(C(C)=O)C(C)CCC.CC.CC.CC(C)OC(C=O)C1Cc2ccccc2C1.CCCC=O.CCCCC(C)C=O.CN1CCCCC1.NC=O. The van der Waals surface area contributed by atoms with Gasteiger partial charge in [0.25, 0.3) is 0 Å². The lowest BCUT2D eigenvalue weighted by molar-refractivity contribution is -0.124. The van der Waals surface area contributed by atoms with Gasteiger partial charge in [-0.2, -0.15) is 0 Å². The van der Waals surface area contributed by atoms with Gasteiger partial charge in [-0.15, -0.1) is 0 Å². The van der Waals surface area contributed by atoms with Crippen LogP contribution in [0.2, 0.25) is 0 Å². The Morgan fingerprint density at radius 2 is 1.34 bits per heavy atom. The summed E-state index contributed by atoms with van der Waals surface area (Å²) >= 11 is 0. The molecule has 8 heteroatoms. The van der Waals surface area contributed by atoms with Crippen LogP contribution in [-0.2, 0) is 41.6 Å². The Balaban J connectivity index is -0.000000182. The Morgan fingerprint density at radius 3 is 1.62 bits per heavy atom. The average molecular weight is 749 g/mol. The third-order valence-corrected chi connectivity index (χ3v) is 8.11. The Hall–Kier alpha value is -2.97. The molecule has 0 saturated carbocycles. The molecular formula is C45H84N2O6. The second-order valence-electron chi connectivity index (χ2n) is 13.2. The van der Waals surface area contributed by atoms with Crippen LogP contribution in [0.1, 0.15) is 158 Å². The van der Waals surface area contributed by atoms with Crippen molar-refractivity contribution in [2.24, 2.45) is 23.5 Å². The fourth-order valence-electron chi connectivity index (χ4n) is 5.11. The summed E-state index contributed by atoms with van der Waals surface area (Å²) in [5.74, 6) is 1.08. The number of carbonyl (C=O) groups is 5. The van der Waals surface area contributed by atoms with E-state index in [1.165, 1.54) is 56.3 Å². The average Bonchev–Trinajstić information content (AvgIpc) is 3.60. The number of piperidine rings is 1. The van der Waals surface area contributed by atoms with Crippen molar-refractivity contribution in [3.05, 3.63) is 47.5 Å². The molecule has 1 saturated heterocycles. The van der Waals surface area contributed by atoms with Gasteiger partial charge in [-0.1, -0.05) is 119 Å². The highest BCUT2D eigenvalue weighted by Crippen LogP contribution is 2.29. The zero-order chi connectivity index (χ0) is 42.0. The van der Waals surface area contributed by atoms with Crippen molar-refractivity contribution in [1.29, 1.82) is 0 Å². The molecule has 2 aliphatic rings. The van der Waals surface area contributed by atoms with Crippen molar-refractivity contribution in [3.63, 3.8) is 0 Å². The van der Waals surface area contributed by atoms with Crippen molar-refractivity contribution >= 4 is 31.1 Å². The molecule has 53 heavy (non-hydrogen) atoms. The summed E-state index contributed by atoms with van der Waals surface area (Å²) in [5, 5.41) is 0. The summed E-state index contributed by atoms with van der Waals surface area (Å²) in [4.78, 5) is 52.2. The lowest BCUT2D eigenvalue weighted by atomic mass is 9.95. The van der Waals surface area contributed by atoms with E-state index in [-0.39, 0.29) is 30.3 Å². The molecule has 1 aromatic carbocycles. The Kier molecular flexibility index (Phi) is 50.6. The van der Waals surface area contributed by atoms with E-state index in [1.807, 2.05) is 62.3 Å². The number of benzene rings is 1. The van der Waals surface area contributed by atoms with Crippen LogP contribution < -0.4 is 5.73 Å². The van der Waals surface area contributed by atoms with Gasteiger partial charge in [0.2, 0.25) is 6.41 Å². The first kappa shape index (κ1) is 59.3. The molecule has 1 amide bonds. The van der Waals surface area contributed by atoms with Gasteiger partial charge in [-0.25, -0.2) is 0 Å². The summed E-state index contributed by atoms with van der Waals surface area (Å²) in [6.45, 7) is 30.1. The van der Waals surface area contributed by atoms with Gasteiger partial charge in [0.05, 0.1) is 6.10 Å². The topological polar surface area (TPSA) is 124 Å². The third kappa shape index (κ3) is 38.6. The van der Waals surface area contributed by atoms with Crippen molar-refractivity contribution in [2.45, 2.75) is 172 Å². The number of amides is 1. The number of hydrogen-bond acceptors (Lipinski definition) is 7. The molecule has 1 heterocycles. The summed E-state index contributed by atoms with van der Waals surface area (Å²) < 4.78 is 5.65. The van der Waals surface area contributed by atoms with Crippen LogP contribution in [-0.4, -0.2) is 68.3 Å². The number of primary amides is 1. The molecule has 3 rings (SSSR count). The minimum Gasteiger partial charge on any atom is -0.372 e. The maximum absolute atomic E-state index is 11.1. The Bertz CT molecular complexity index is 966. The van der Waals surface area contributed by atoms with E-state index in [2.05, 4.69) is 62.4 Å². The maximum Gasteiger partial charge on any atom is 0.204 e. The number of aldehydes is 3. The lowest BCUT2D eigenvalue weighted by Gasteiger charge is -2.20. The van der Waals surface area contributed by atoms with Crippen LogP contribution >= 0.6 is 0 Å². The smallest absolute Gasteiger partial charge is 0.204 e. The molecule has 0 aromatic heterocycles. The molecule has 8 nitrogen and oxygen atoms in total. The van der Waals surface area contributed by atoms with Gasteiger partial charge >= 0.3 is 0 Å². The van der Waals surface area contributed by atoms with Gasteiger partial charge in [0.1, 0.15) is 25.0 Å². The number of rotatable bonds is 14. The highest BCUT2D eigenvalue weighted by atomic mass is 16.5. The molecule has 0 radical (unpaired) electrons. The molecule has 2 N–H and O–H groups in total. The van der Waals surface area contributed by atoms with Crippen LogP contribution in [0.15, 0.2) is 36.4 Å². The van der Waals surface area contributed by atoms with Crippen LogP contribution in [0.4, 0.5) is 0 Å². The molecule has 0 bridgehead atoms. The van der Waals surface area contributed by atoms with Crippen LogP contribution in [0.3, 0.4) is 0 Å². The summed E-state index contributed by atoms with van der Waals surface area (Å²) in [6, 6.07) is 8.40. The number of likely N-dealkylation sites (tertiary alicyclic amines) is 1. The van der Waals surface area contributed by atoms with Crippen molar-refractivity contribution in [3.8, 4) is 0 Å². The zero-order valence-electron chi connectivity index (χ0n) is 36.6. The first-order chi connectivity index (χ1) is 25.3. The predicted octanol–water partition coefficient (Wildman–Crippen LogP) is 10.2. The molecule has 310 valence electrons. The van der Waals surface area contributed by atoms with Crippen molar-refractivity contribution in [2.75, 3.05) is 20.1 Å². The Labute approximate surface area is 327 Å². The number of nitrogens with zero attached hydrogens (tertiary/aromatic N) is 1. The summed E-state index contributed by atoms with van der Waals surface area (Å²) in [7, 11) is 2.19. The number of ether oxygens (including phenoxy) is 1. The van der Waals surface area contributed by atoms with Gasteiger partial charge in [0.15, 0.2) is 5.78 Å². The van der Waals surface area contributed by atoms with E-state index in [0.29, 0.717) is 18.3 Å². The standard InChI is InChI=1S/C14H18O2.C9H16O.C7H14O.C6H13N.C4H8O.2C2H6.CH3NO/c1-10(2)16-14(9-15)13-7-11-5-3-4-6-12(11)8-13;1-5-6-7(2)8(3)9(4)10;1-3-4-5-7(2)6-8;1-7-5-3-2-4-6-7;1-2-3-4-5;2*1-2;2-1-3/h3-6,9-10,13-14H,7-8H2,1-2H3;7H,3,5-6H2,1-2,4H3;6-7H,3-5H2,1-2H3;2-6H2,1H3;4H,2-3H2,1H3;2*1-2H3;1H,(H2,2,3). The largest absolute Gasteiger partial charge is 0.372 e. The molecule has 0 spiro atoms. The third-order valence-electron chi connectivity index (χ3n) is 8.11. The fourth-order valence-corrected chi connectivity index (χ4v) is 5.11. The lowest BCUT2D eigenvalue weighted by Crippen LogP contribution is -2.28. The van der Waals surface area contributed by atoms with Crippen LogP contribution in [0.25, 0.3) is 0 Å². The van der Waals surface area contributed by atoms with E-state index < -0.39 is 0 Å². The molecule has 1 fully saturated rings. The molecule has 1 aromatic rings. The quantitative estimate of drug-likeness (QED) is 0.148. The summed E-state index contributed by atoms with van der Waals surface area (Å²) in [5.41, 5.74) is 7.67. The zero-order valence-corrected chi connectivity index (χ0v) is 36.6. The number of unbranched alkanes of at least 4 members (excludes halogenated alkanes) is 2. The van der Waals surface area contributed by atoms with E-state index in [4.69, 9.17) is 9.53 Å². The van der Waals surface area contributed by atoms with Crippen LogP contribution in [0, 0.1) is 17.8 Å². The number of fused-ring (bicyclic) bond motifs is 1. The van der Waals surface area contributed by atoms with Gasteiger partial charge in [-0.05, 0) is 108 Å². The normalized spacial score (nSPS) is 14.2. The second kappa shape index (κ2) is 45.2. The van der Waals surface area contributed by atoms with Crippen LogP contribution in [0.5, 0.6) is 0 Å². The molecular weight excluding hydrogens is 665 g/mol. The van der Waals surface area contributed by atoms with E-state index in [9.17, 15) is 19.2 Å². The molecule has 1 aliphatic carbocycles. The van der Waals surface area contributed by atoms with E-state index in [0.717, 1.165) is 63.0 Å². The summed E-state index contributed by atoms with van der Waals surface area (Å²) in [6.07, 6.45) is 16.5. The number of Topliss-reactive ketones (excluding diaryl/α,β-unsaturated/α-hetero) is 1. The number of carbonyl (C=O) groups excluding carboxylic acids is 5. The number of nitrogens with two attached hydrogens (primary N) is 1. The molecule has 1 aliphatic heterocycles. The first-order valence-electron chi connectivity index (χ1n) is 20.4. The first-order valence-corrected chi connectivity index (χ1v) is 20.4. The van der Waals surface area contributed by atoms with E-state index >= 15 is 0 Å². The Morgan fingerprint density at radius 1 is 0.849 bits per heavy atom. The molecule has 3 atom stereocenters. The van der Waals surface area contributed by atoms with Gasteiger partial charge in [0, 0.05) is 18.3 Å². The highest BCUT2D eigenvalue weighted by Gasteiger charge is 2.29. The van der Waals surface area contributed by atoms with Crippen molar-refractivity contribution < 1.29 is 28.7 Å². The van der Waals surface area contributed by atoms with Gasteiger partial charge in [-0.3, -0.25) is 9.59 Å². The minimum atomic E-state index is -0.257. The van der Waals surface area contributed by atoms with Gasteiger partial charge < -0.3 is 29.8 Å². The molecule has 3 unspecified atom stereocenters. The minimum absolute atomic E-state index is 0.110. The maximum atomic E-state index is 11.1. The second-order valence-corrected chi connectivity index (χ2v) is 13.2. The van der Waals surface area contributed by atoms with Crippen molar-refractivity contribution in [1.82, 2.24) is 4.90 Å². The number of ketones is 1.